The van der Waals surface area contributed by atoms with Gasteiger partial charge in [-0.05, 0) is 38.8 Å². The summed E-state index contributed by atoms with van der Waals surface area (Å²) in [7, 11) is 0. The smallest absolute Gasteiger partial charge is 0.227 e. The highest BCUT2D eigenvalue weighted by molar-refractivity contribution is 7.15. The lowest BCUT2D eigenvalue weighted by Gasteiger charge is -2.20. The van der Waals surface area contributed by atoms with Crippen molar-refractivity contribution in [3.05, 3.63) is 11.1 Å². The van der Waals surface area contributed by atoms with Crippen LogP contribution < -0.4 is 16.4 Å². The number of aromatic nitrogens is 1. The van der Waals surface area contributed by atoms with Gasteiger partial charge in [-0.2, -0.15) is 0 Å². The Bertz CT molecular complexity index is 399. The molecule has 1 aliphatic rings. The van der Waals surface area contributed by atoms with Crippen LogP contribution >= 0.6 is 11.3 Å². The van der Waals surface area contributed by atoms with Gasteiger partial charge in [0.1, 0.15) is 0 Å². The quantitative estimate of drug-likeness (QED) is 0.768. The molecule has 1 atom stereocenters. The van der Waals surface area contributed by atoms with Crippen molar-refractivity contribution in [2.24, 2.45) is 5.73 Å². The van der Waals surface area contributed by atoms with Crippen molar-refractivity contribution in [3.63, 3.8) is 0 Å². The van der Waals surface area contributed by atoms with E-state index in [-0.39, 0.29) is 11.9 Å². The number of hydrogen-bond acceptors (Lipinski definition) is 5. The number of piperidine rings is 1. The summed E-state index contributed by atoms with van der Waals surface area (Å²) in [6, 6.07) is -0.117. The number of thiazole rings is 1. The molecule has 1 saturated heterocycles. The van der Waals surface area contributed by atoms with E-state index in [0.29, 0.717) is 17.5 Å². The molecule has 0 spiro atoms. The molecule has 0 saturated carbocycles. The molecule has 4 N–H and O–H groups in total. The van der Waals surface area contributed by atoms with E-state index in [9.17, 15) is 4.79 Å². The molecule has 5 nitrogen and oxygen atoms in total. The predicted molar refractivity (Wildman–Crippen MR) is 73.9 cm³/mol. The summed E-state index contributed by atoms with van der Waals surface area (Å²) in [5.74, 6) is 0.527. The first-order valence-corrected chi connectivity index (χ1v) is 7.18. The van der Waals surface area contributed by atoms with Crippen LogP contribution in [-0.2, 0) is 4.79 Å². The first-order chi connectivity index (χ1) is 8.65. The van der Waals surface area contributed by atoms with Gasteiger partial charge in [0.25, 0.3) is 0 Å². The van der Waals surface area contributed by atoms with E-state index in [4.69, 9.17) is 5.73 Å². The second kappa shape index (κ2) is 6.26. The molecule has 1 aliphatic heterocycles. The third-order valence-corrected chi connectivity index (χ3v) is 4.09. The lowest BCUT2D eigenvalue weighted by atomic mass is 9.97. The van der Waals surface area contributed by atoms with Crippen LogP contribution in [0.2, 0.25) is 0 Å². The summed E-state index contributed by atoms with van der Waals surface area (Å²) < 4.78 is 0. The second-order valence-electron chi connectivity index (χ2n) is 4.82. The van der Waals surface area contributed by atoms with E-state index in [0.717, 1.165) is 25.9 Å². The normalized spacial score (nSPS) is 18.6. The van der Waals surface area contributed by atoms with Gasteiger partial charge in [0, 0.05) is 23.5 Å². The monoisotopic (exact) mass is 268 g/mol. The number of nitrogens with one attached hydrogen (secondary N) is 2. The predicted octanol–water partition coefficient (Wildman–Crippen LogP) is 1.29. The van der Waals surface area contributed by atoms with Gasteiger partial charge in [-0.15, -0.1) is 11.3 Å². The van der Waals surface area contributed by atoms with Gasteiger partial charge in [0.05, 0.1) is 0 Å². The zero-order valence-corrected chi connectivity index (χ0v) is 11.4. The van der Waals surface area contributed by atoms with E-state index in [1.54, 1.807) is 11.3 Å². The highest BCUT2D eigenvalue weighted by Gasteiger charge is 2.18. The molecule has 2 rings (SSSR count). The molecule has 0 aliphatic carbocycles. The van der Waals surface area contributed by atoms with Gasteiger partial charge in [0.15, 0.2) is 5.13 Å². The third-order valence-electron chi connectivity index (χ3n) is 3.02. The van der Waals surface area contributed by atoms with Crippen LogP contribution in [0.3, 0.4) is 0 Å². The van der Waals surface area contributed by atoms with Gasteiger partial charge < -0.3 is 16.4 Å². The van der Waals surface area contributed by atoms with Gasteiger partial charge in [-0.3, -0.25) is 4.79 Å². The molecule has 0 aromatic carbocycles. The minimum Gasteiger partial charge on any atom is -0.327 e. The minimum atomic E-state index is -0.117. The van der Waals surface area contributed by atoms with Crippen LogP contribution in [0.15, 0.2) is 6.20 Å². The van der Waals surface area contributed by atoms with Crippen LogP contribution in [0.25, 0.3) is 0 Å². The molecule has 1 unspecified atom stereocenters. The molecule has 1 aromatic rings. The fourth-order valence-electron chi connectivity index (χ4n) is 2.10. The van der Waals surface area contributed by atoms with Crippen LogP contribution in [-0.4, -0.2) is 30.0 Å². The Labute approximate surface area is 111 Å². The molecular weight excluding hydrogens is 248 g/mol. The zero-order valence-electron chi connectivity index (χ0n) is 10.6. The zero-order chi connectivity index (χ0) is 13.0. The van der Waals surface area contributed by atoms with E-state index in [1.165, 1.54) is 4.88 Å². The number of carbonyl (C=O) groups excluding carboxylic acids is 1. The molecular formula is C12H20N4OS. The van der Waals surface area contributed by atoms with E-state index < -0.39 is 0 Å². The van der Waals surface area contributed by atoms with Crippen LogP contribution in [0.4, 0.5) is 5.13 Å². The van der Waals surface area contributed by atoms with Gasteiger partial charge in [-0.1, -0.05) is 0 Å². The van der Waals surface area contributed by atoms with E-state index >= 15 is 0 Å². The van der Waals surface area contributed by atoms with Gasteiger partial charge >= 0.3 is 0 Å². The average molecular weight is 268 g/mol. The van der Waals surface area contributed by atoms with Crippen molar-refractivity contribution in [3.8, 4) is 0 Å². The Morgan fingerprint density at radius 2 is 2.39 bits per heavy atom. The Morgan fingerprint density at radius 1 is 1.67 bits per heavy atom. The van der Waals surface area contributed by atoms with Crippen molar-refractivity contribution >= 4 is 22.4 Å². The largest absolute Gasteiger partial charge is 0.327 e. The molecule has 2 heterocycles. The lowest BCUT2D eigenvalue weighted by Crippen LogP contribution is -2.26. The first-order valence-electron chi connectivity index (χ1n) is 6.37. The Morgan fingerprint density at radius 3 is 3.06 bits per heavy atom. The minimum absolute atomic E-state index is 0.0591. The van der Waals surface area contributed by atoms with Crippen molar-refractivity contribution in [2.45, 2.75) is 38.1 Å². The molecule has 0 radical (unpaired) electrons. The maximum atomic E-state index is 11.6. The number of nitrogens with zero attached hydrogens (tertiary/aromatic N) is 1. The Kier molecular flexibility index (Phi) is 4.68. The van der Waals surface area contributed by atoms with Crippen molar-refractivity contribution in [1.29, 1.82) is 0 Å². The lowest BCUT2D eigenvalue weighted by molar-refractivity contribution is -0.116. The molecule has 100 valence electrons. The SMILES string of the molecule is CC(N)CC(=O)Nc1ncc(C2CCNCC2)s1. The number of nitrogens with two attached hydrogens (primary N) is 1. The summed E-state index contributed by atoms with van der Waals surface area (Å²) >= 11 is 1.58. The molecule has 18 heavy (non-hydrogen) atoms. The summed E-state index contributed by atoms with van der Waals surface area (Å²) in [6.07, 6.45) is 4.52. The van der Waals surface area contributed by atoms with Gasteiger partial charge in [0.2, 0.25) is 5.91 Å². The summed E-state index contributed by atoms with van der Waals surface area (Å²) in [4.78, 5) is 17.1. The second-order valence-corrected chi connectivity index (χ2v) is 5.88. The standard InChI is InChI=1S/C12H20N4OS/c1-8(13)6-11(17)16-12-15-7-10(18-12)9-2-4-14-5-3-9/h7-9,14H,2-6,13H2,1H3,(H,15,16,17). The van der Waals surface area contributed by atoms with Crippen molar-refractivity contribution in [1.82, 2.24) is 10.3 Å². The number of amides is 1. The van der Waals surface area contributed by atoms with Crippen LogP contribution in [0.5, 0.6) is 0 Å². The summed E-state index contributed by atoms with van der Waals surface area (Å²) in [6.45, 7) is 3.95. The van der Waals surface area contributed by atoms with E-state index in [2.05, 4.69) is 15.6 Å². The molecule has 1 fully saturated rings. The first kappa shape index (κ1) is 13.5. The fraction of sp³-hybridized carbons (Fsp3) is 0.667. The molecule has 1 amide bonds. The van der Waals surface area contributed by atoms with Gasteiger partial charge in [-0.25, -0.2) is 4.98 Å². The fourth-order valence-corrected chi connectivity index (χ4v) is 3.10. The summed E-state index contributed by atoms with van der Waals surface area (Å²) in [5.41, 5.74) is 5.58. The summed E-state index contributed by atoms with van der Waals surface area (Å²) in [5, 5.41) is 6.84. The Hall–Kier alpha value is -0.980. The van der Waals surface area contributed by atoms with Crippen LogP contribution in [0, 0.1) is 0 Å². The number of hydrogen-bond donors (Lipinski definition) is 3. The average Bonchev–Trinajstić information content (AvgIpc) is 2.77. The highest BCUT2D eigenvalue weighted by atomic mass is 32.1. The number of anilines is 1. The third kappa shape index (κ3) is 3.76. The number of rotatable bonds is 4. The number of carbonyl (C=O) groups is 1. The van der Waals surface area contributed by atoms with Crippen molar-refractivity contribution in [2.75, 3.05) is 18.4 Å². The van der Waals surface area contributed by atoms with E-state index in [1.807, 2.05) is 13.1 Å². The Balaban J connectivity index is 1.91. The van der Waals surface area contributed by atoms with Crippen LogP contribution in [0.1, 0.15) is 37.0 Å². The topological polar surface area (TPSA) is 80.0 Å². The highest BCUT2D eigenvalue weighted by Crippen LogP contribution is 2.31. The molecule has 1 aromatic heterocycles. The maximum absolute atomic E-state index is 11.6. The van der Waals surface area contributed by atoms with Crippen molar-refractivity contribution < 1.29 is 4.79 Å². The molecule has 6 heteroatoms. The molecule has 0 bridgehead atoms. The maximum Gasteiger partial charge on any atom is 0.227 e.